The standard InChI is InChI=1S/C18H16N2O/c19-14-10-13-8-9-20-17(21)7-6-15(16(11-14)18(13)20)12-4-2-1-3-5-12/h1-6,10-11H,7-9,19H2. The lowest BCUT2D eigenvalue weighted by Crippen LogP contribution is -2.27. The van der Waals surface area contributed by atoms with E-state index in [-0.39, 0.29) is 5.91 Å². The normalized spacial score (nSPS) is 16.5. The highest BCUT2D eigenvalue weighted by molar-refractivity contribution is 6.05. The average molecular weight is 276 g/mol. The Kier molecular flexibility index (Phi) is 2.61. The molecule has 104 valence electrons. The molecule has 2 aliphatic heterocycles. The van der Waals surface area contributed by atoms with Crippen molar-refractivity contribution in [2.24, 2.45) is 0 Å². The molecular weight excluding hydrogens is 260 g/mol. The van der Waals surface area contributed by atoms with Gasteiger partial charge in [-0.15, -0.1) is 0 Å². The molecule has 0 saturated heterocycles. The monoisotopic (exact) mass is 276 g/mol. The van der Waals surface area contributed by atoms with Gasteiger partial charge in [0.05, 0.1) is 5.69 Å². The summed E-state index contributed by atoms with van der Waals surface area (Å²) in [5, 5.41) is 0. The number of hydrogen-bond donors (Lipinski definition) is 1. The number of carbonyl (C=O) groups is 1. The van der Waals surface area contributed by atoms with Gasteiger partial charge in [-0.25, -0.2) is 0 Å². The maximum absolute atomic E-state index is 12.4. The number of nitrogen functional groups attached to an aromatic ring is 1. The van der Waals surface area contributed by atoms with Crippen LogP contribution in [0, 0.1) is 0 Å². The van der Waals surface area contributed by atoms with Crippen LogP contribution in [0.2, 0.25) is 0 Å². The van der Waals surface area contributed by atoms with Gasteiger partial charge in [0.1, 0.15) is 0 Å². The lowest BCUT2D eigenvalue weighted by Gasteiger charge is -2.19. The minimum atomic E-state index is 0.172. The third kappa shape index (κ3) is 1.85. The Labute approximate surface area is 123 Å². The largest absolute Gasteiger partial charge is 0.399 e. The molecule has 3 heteroatoms. The van der Waals surface area contributed by atoms with Gasteiger partial charge >= 0.3 is 0 Å². The van der Waals surface area contributed by atoms with Gasteiger partial charge in [0.25, 0.3) is 0 Å². The Morgan fingerprint density at radius 3 is 2.71 bits per heavy atom. The molecule has 0 unspecified atom stereocenters. The predicted octanol–water partition coefficient (Wildman–Crippen LogP) is 2.99. The molecule has 0 fully saturated rings. The van der Waals surface area contributed by atoms with Crippen LogP contribution in [0.25, 0.3) is 5.57 Å². The van der Waals surface area contributed by atoms with E-state index in [0.29, 0.717) is 6.42 Å². The molecule has 2 aromatic rings. The van der Waals surface area contributed by atoms with Crippen molar-refractivity contribution in [1.29, 1.82) is 0 Å². The van der Waals surface area contributed by atoms with E-state index in [1.807, 2.05) is 41.3 Å². The predicted molar refractivity (Wildman–Crippen MR) is 85.0 cm³/mol. The number of nitrogens with two attached hydrogens (primary N) is 1. The zero-order valence-corrected chi connectivity index (χ0v) is 11.7. The molecule has 0 saturated carbocycles. The molecule has 0 aliphatic carbocycles. The first-order valence-electron chi connectivity index (χ1n) is 7.23. The Morgan fingerprint density at radius 1 is 1.10 bits per heavy atom. The summed E-state index contributed by atoms with van der Waals surface area (Å²) >= 11 is 0. The third-order valence-corrected chi connectivity index (χ3v) is 4.24. The summed E-state index contributed by atoms with van der Waals surface area (Å²) in [6.07, 6.45) is 3.37. The third-order valence-electron chi connectivity index (χ3n) is 4.24. The molecule has 3 nitrogen and oxygen atoms in total. The van der Waals surface area contributed by atoms with Crippen LogP contribution in [0.5, 0.6) is 0 Å². The van der Waals surface area contributed by atoms with E-state index in [1.165, 1.54) is 5.56 Å². The highest BCUT2D eigenvalue weighted by Crippen LogP contribution is 2.42. The highest BCUT2D eigenvalue weighted by atomic mass is 16.2. The fraction of sp³-hybridized carbons (Fsp3) is 0.167. The van der Waals surface area contributed by atoms with Crippen molar-refractivity contribution >= 4 is 22.9 Å². The molecule has 0 bridgehead atoms. The van der Waals surface area contributed by atoms with E-state index < -0.39 is 0 Å². The van der Waals surface area contributed by atoms with Crippen LogP contribution in [0.1, 0.15) is 23.1 Å². The van der Waals surface area contributed by atoms with Crippen LogP contribution < -0.4 is 10.6 Å². The molecule has 4 rings (SSSR count). The molecule has 2 aliphatic rings. The smallest absolute Gasteiger partial charge is 0.230 e. The van der Waals surface area contributed by atoms with Gasteiger partial charge in [0, 0.05) is 24.2 Å². The Hall–Kier alpha value is -2.55. The number of rotatable bonds is 1. The highest BCUT2D eigenvalue weighted by Gasteiger charge is 2.30. The minimum Gasteiger partial charge on any atom is -0.399 e. The van der Waals surface area contributed by atoms with Crippen LogP contribution in [0.15, 0.2) is 48.5 Å². The van der Waals surface area contributed by atoms with Crippen molar-refractivity contribution in [3.63, 3.8) is 0 Å². The summed E-state index contributed by atoms with van der Waals surface area (Å²) in [6.45, 7) is 0.764. The maximum atomic E-state index is 12.4. The summed E-state index contributed by atoms with van der Waals surface area (Å²) in [7, 11) is 0. The minimum absolute atomic E-state index is 0.172. The summed E-state index contributed by atoms with van der Waals surface area (Å²) in [5.41, 5.74) is 12.4. The Balaban J connectivity index is 1.99. The van der Waals surface area contributed by atoms with Crippen molar-refractivity contribution in [2.45, 2.75) is 12.8 Å². The second-order valence-corrected chi connectivity index (χ2v) is 5.56. The molecule has 0 atom stereocenters. The summed E-state index contributed by atoms with van der Waals surface area (Å²) in [4.78, 5) is 14.3. The van der Waals surface area contributed by atoms with E-state index in [1.54, 1.807) is 0 Å². The van der Waals surface area contributed by atoms with Gasteiger partial charge in [-0.2, -0.15) is 0 Å². The van der Waals surface area contributed by atoms with Crippen LogP contribution in [0.4, 0.5) is 11.4 Å². The van der Waals surface area contributed by atoms with Crippen LogP contribution in [-0.4, -0.2) is 12.5 Å². The molecule has 2 N–H and O–H groups in total. The SMILES string of the molecule is Nc1cc2c3c(c1)C(c1ccccc1)=CCC(=O)N3CC2. The van der Waals surface area contributed by atoms with Crippen molar-refractivity contribution in [3.8, 4) is 0 Å². The molecule has 0 radical (unpaired) electrons. The number of anilines is 2. The Morgan fingerprint density at radius 2 is 1.90 bits per heavy atom. The fourth-order valence-electron chi connectivity index (χ4n) is 3.33. The lowest BCUT2D eigenvalue weighted by atomic mass is 9.94. The van der Waals surface area contributed by atoms with Gasteiger partial charge < -0.3 is 10.6 Å². The molecule has 2 aromatic carbocycles. The zero-order valence-electron chi connectivity index (χ0n) is 11.7. The van der Waals surface area contributed by atoms with Crippen molar-refractivity contribution in [3.05, 3.63) is 65.2 Å². The molecule has 21 heavy (non-hydrogen) atoms. The second-order valence-electron chi connectivity index (χ2n) is 5.56. The van der Waals surface area contributed by atoms with Gasteiger partial charge in [0.2, 0.25) is 5.91 Å². The van der Waals surface area contributed by atoms with E-state index in [9.17, 15) is 4.79 Å². The first kappa shape index (κ1) is 12.2. The summed E-state index contributed by atoms with van der Waals surface area (Å²) in [6, 6.07) is 14.2. The first-order chi connectivity index (χ1) is 10.2. The van der Waals surface area contributed by atoms with Crippen molar-refractivity contribution < 1.29 is 4.79 Å². The number of benzene rings is 2. The van der Waals surface area contributed by atoms with Crippen LogP contribution >= 0.6 is 0 Å². The topological polar surface area (TPSA) is 46.3 Å². The van der Waals surface area contributed by atoms with E-state index in [2.05, 4.69) is 12.1 Å². The van der Waals surface area contributed by atoms with Crippen LogP contribution in [0.3, 0.4) is 0 Å². The van der Waals surface area contributed by atoms with E-state index in [4.69, 9.17) is 5.73 Å². The quantitative estimate of drug-likeness (QED) is 0.814. The maximum Gasteiger partial charge on any atom is 0.230 e. The van der Waals surface area contributed by atoms with Gasteiger partial charge in [0.15, 0.2) is 0 Å². The molecule has 0 spiro atoms. The number of hydrogen-bond acceptors (Lipinski definition) is 2. The molecule has 2 heterocycles. The second kappa shape index (κ2) is 4.48. The van der Waals surface area contributed by atoms with Crippen molar-refractivity contribution in [2.75, 3.05) is 17.2 Å². The zero-order chi connectivity index (χ0) is 14.4. The van der Waals surface area contributed by atoms with Gasteiger partial charge in [-0.05, 0) is 35.3 Å². The fourth-order valence-corrected chi connectivity index (χ4v) is 3.33. The van der Waals surface area contributed by atoms with E-state index in [0.717, 1.165) is 41.0 Å². The molecule has 1 amide bonds. The average Bonchev–Trinajstić information content (AvgIpc) is 2.85. The summed E-state index contributed by atoms with van der Waals surface area (Å²) in [5.74, 6) is 0.172. The summed E-state index contributed by atoms with van der Waals surface area (Å²) < 4.78 is 0. The van der Waals surface area contributed by atoms with Gasteiger partial charge in [-0.3, -0.25) is 4.79 Å². The molecule has 0 aromatic heterocycles. The van der Waals surface area contributed by atoms with Crippen molar-refractivity contribution in [1.82, 2.24) is 0 Å². The van der Waals surface area contributed by atoms with Gasteiger partial charge in [-0.1, -0.05) is 36.4 Å². The Bertz CT molecular complexity index is 762. The number of nitrogens with zero attached hydrogens (tertiary/aromatic N) is 1. The van der Waals surface area contributed by atoms with E-state index >= 15 is 0 Å². The first-order valence-corrected chi connectivity index (χ1v) is 7.23. The number of carbonyl (C=O) groups excluding carboxylic acids is 1. The number of amides is 1. The molecular formula is C18H16N2O. The lowest BCUT2D eigenvalue weighted by molar-refractivity contribution is -0.117. The van der Waals surface area contributed by atoms with Crippen LogP contribution in [-0.2, 0) is 11.2 Å².